The van der Waals surface area contributed by atoms with Crippen LogP contribution in [-0.4, -0.2) is 73.2 Å². The van der Waals surface area contributed by atoms with Crippen LogP contribution in [-0.2, 0) is 9.53 Å². The molecule has 0 aromatic carbocycles. The largest absolute Gasteiger partial charge is 0.365 e. The van der Waals surface area contributed by atoms with Crippen molar-refractivity contribution in [3.63, 3.8) is 0 Å². The lowest BCUT2D eigenvalue weighted by atomic mass is 10.1. The number of nitrogens with one attached hydrogen (secondary N) is 1. The molecule has 3 atom stereocenters. The SMILES string of the molecule is CCC1CCC(C(=O)N2CCC(N3CCNCC3)C2)O1.Cl. The summed E-state index contributed by atoms with van der Waals surface area (Å²) in [4.78, 5) is 17.1. The number of carbonyl (C=O) groups is 1. The van der Waals surface area contributed by atoms with Gasteiger partial charge in [-0.1, -0.05) is 6.92 Å². The molecule has 5 nitrogen and oxygen atoms in total. The van der Waals surface area contributed by atoms with E-state index in [1.165, 1.54) is 0 Å². The Labute approximate surface area is 133 Å². The summed E-state index contributed by atoms with van der Waals surface area (Å²) >= 11 is 0. The molecule has 3 fully saturated rings. The first kappa shape index (κ1) is 17.0. The Morgan fingerprint density at radius 2 is 1.95 bits per heavy atom. The molecule has 0 bridgehead atoms. The lowest BCUT2D eigenvalue weighted by Gasteiger charge is -2.32. The highest BCUT2D eigenvalue weighted by atomic mass is 35.5. The van der Waals surface area contributed by atoms with Crippen LogP contribution in [0.5, 0.6) is 0 Å². The molecule has 3 rings (SSSR count). The zero-order valence-electron chi connectivity index (χ0n) is 12.9. The molecule has 0 aromatic heterocycles. The summed E-state index contributed by atoms with van der Waals surface area (Å²) in [7, 11) is 0. The van der Waals surface area contributed by atoms with Crippen molar-refractivity contribution in [3.05, 3.63) is 0 Å². The van der Waals surface area contributed by atoms with Crippen LogP contribution in [0.15, 0.2) is 0 Å². The third kappa shape index (κ3) is 3.89. The van der Waals surface area contributed by atoms with Gasteiger partial charge >= 0.3 is 0 Å². The molecule has 1 amide bonds. The molecule has 6 heteroatoms. The maximum Gasteiger partial charge on any atom is 0.251 e. The molecule has 0 spiro atoms. The van der Waals surface area contributed by atoms with Crippen LogP contribution in [0.25, 0.3) is 0 Å². The average molecular weight is 318 g/mol. The second-order valence-electron chi connectivity index (χ2n) is 6.25. The number of ether oxygens (including phenoxy) is 1. The Hall–Kier alpha value is -0.360. The van der Waals surface area contributed by atoms with Gasteiger partial charge in [0.05, 0.1) is 6.10 Å². The van der Waals surface area contributed by atoms with Gasteiger partial charge in [0.2, 0.25) is 0 Å². The van der Waals surface area contributed by atoms with Crippen molar-refractivity contribution < 1.29 is 9.53 Å². The lowest BCUT2D eigenvalue weighted by molar-refractivity contribution is -0.142. The second-order valence-corrected chi connectivity index (χ2v) is 6.25. The van der Waals surface area contributed by atoms with Crippen molar-refractivity contribution in [2.24, 2.45) is 0 Å². The molecule has 0 radical (unpaired) electrons. The van der Waals surface area contributed by atoms with E-state index in [-0.39, 0.29) is 24.4 Å². The van der Waals surface area contributed by atoms with Gasteiger partial charge in [-0.15, -0.1) is 12.4 Å². The summed E-state index contributed by atoms with van der Waals surface area (Å²) < 4.78 is 5.85. The van der Waals surface area contributed by atoms with E-state index in [0.29, 0.717) is 12.1 Å². The van der Waals surface area contributed by atoms with E-state index in [9.17, 15) is 4.79 Å². The Morgan fingerprint density at radius 3 is 2.62 bits per heavy atom. The van der Waals surface area contributed by atoms with E-state index in [0.717, 1.165) is 65.0 Å². The normalized spacial score (nSPS) is 34.0. The molecule has 0 aromatic rings. The summed E-state index contributed by atoms with van der Waals surface area (Å²) in [6.07, 6.45) is 4.23. The molecule has 0 saturated carbocycles. The van der Waals surface area contributed by atoms with Gasteiger partial charge < -0.3 is 15.0 Å². The van der Waals surface area contributed by atoms with Crippen LogP contribution < -0.4 is 5.32 Å². The number of hydrogen-bond donors (Lipinski definition) is 1. The van der Waals surface area contributed by atoms with E-state index >= 15 is 0 Å². The van der Waals surface area contributed by atoms with Crippen LogP contribution in [0.4, 0.5) is 0 Å². The maximum atomic E-state index is 12.5. The summed E-state index contributed by atoms with van der Waals surface area (Å²) in [5.41, 5.74) is 0. The molecular weight excluding hydrogens is 290 g/mol. The maximum absolute atomic E-state index is 12.5. The molecule has 1 N–H and O–H groups in total. The molecule has 3 unspecified atom stereocenters. The zero-order valence-corrected chi connectivity index (χ0v) is 13.7. The van der Waals surface area contributed by atoms with Crippen molar-refractivity contribution >= 4 is 18.3 Å². The van der Waals surface area contributed by atoms with Gasteiger partial charge in [-0.2, -0.15) is 0 Å². The predicted octanol–water partition coefficient (Wildman–Crippen LogP) is 0.872. The number of likely N-dealkylation sites (tertiary alicyclic amines) is 1. The smallest absolute Gasteiger partial charge is 0.251 e. The Balaban J connectivity index is 0.00000161. The van der Waals surface area contributed by atoms with Crippen LogP contribution in [0.2, 0.25) is 0 Å². The molecule has 3 heterocycles. The number of nitrogens with zero attached hydrogens (tertiary/aromatic N) is 2. The van der Waals surface area contributed by atoms with Crippen LogP contribution in [0.3, 0.4) is 0 Å². The minimum atomic E-state index is -0.165. The van der Waals surface area contributed by atoms with E-state index in [1.54, 1.807) is 0 Å². The first-order valence-electron chi connectivity index (χ1n) is 8.17. The van der Waals surface area contributed by atoms with E-state index in [1.807, 2.05) is 4.90 Å². The Kier molecular flexibility index (Phi) is 6.29. The number of hydrogen-bond acceptors (Lipinski definition) is 4. The molecular formula is C15H28ClN3O2. The van der Waals surface area contributed by atoms with Crippen LogP contribution in [0.1, 0.15) is 32.6 Å². The molecule has 3 aliphatic rings. The number of rotatable bonds is 3. The second kappa shape index (κ2) is 7.77. The van der Waals surface area contributed by atoms with Crippen molar-refractivity contribution in [1.82, 2.24) is 15.1 Å². The number of piperazine rings is 1. The molecule has 0 aliphatic carbocycles. The van der Waals surface area contributed by atoms with Crippen molar-refractivity contribution in [2.45, 2.75) is 50.9 Å². The third-order valence-corrected chi connectivity index (χ3v) is 4.98. The van der Waals surface area contributed by atoms with E-state index in [2.05, 4.69) is 17.1 Å². The fourth-order valence-electron chi connectivity index (χ4n) is 3.68. The quantitative estimate of drug-likeness (QED) is 0.839. The summed E-state index contributed by atoms with van der Waals surface area (Å²) in [5, 5.41) is 3.39. The van der Waals surface area contributed by atoms with Gasteiger partial charge in [-0.25, -0.2) is 0 Å². The Bertz CT molecular complexity index is 350. The fourth-order valence-corrected chi connectivity index (χ4v) is 3.68. The number of amides is 1. The summed E-state index contributed by atoms with van der Waals surface area (Å²) in [6, 6.07) is 0.560. The number of carbonyl (C=O) groups excluding carboxylic acids is 1. The number of halogens is 1. The van der Waals surface area contributed by atoms with Gasteiger partial charge in [0, 0.05) is 45.3 Å². The zero-order chi connectivity index (χ0) is 13.9. The van der Waals surface area contributed by atoms with Crippen LogP contribution in [0, 0.1) is 0 Å². The van der Waals surface area contributed by atoms with Gasteiger partial charge in [-0.3, -0.25) is 9.69 Å². The van der Waals surface area contributed by atoms with Gasteiger partial charge in [0.25, 0.3) is 5.91 Å². The van der Waals surface area contributed by atoms with E-state index < -0.39 is 0 Å². The highest BCUT2D eigenvalue weighted by Gasteiger charge is 2.37. The fraction of sp³-hybridized carbons (Fsp3) is 0.933. The molecule has 3 saturated heterocycles. The highest BCUT2D eigenvalue weighted by Crippen LogP contribution is 2.25. The van der Waals surface area contributed by atoms with Crippen molar-refractivity contribution in [1.29, 1.82) is 0 Å². The third-order valence-electron chi connectivity index (χ3n) is 4.98. The van der Waals surface area contributed by atoms with Gasteiger partial charge in [-0.05, 0) is 25.7 Å². The first-order valence-corrected chi connectivity index (χ1v) is 8.17. The summed E-state index contributed by atoms with van der Waals surface area (Å²) in [6.45, 7) is 8.32. The van der Waals surface area contributed by atoms with Gasteiger partial charge in [0.15, 0.2) is 0 Å². The molecule has 122 valence electrons. The van der Waals surface area contributed by atoms with Crippen molar-refractivity contribution in [2.75, 3.05) is 39.3 Å². The van der Waals surface area contributed by atoms with Gasteiger partial charge in [0.1, 0.15) is 6.10 Å². The summed E-state index contributed by atoms with van der Waals surface area (Å²) in [5.74, 6) is 0.235. The first-order chi connectivity index (χ1) is 9.78. The van der Waals surface area contributed by atoms with Crippen molar-refractivity contribution in [3.8, 4) is 0 Å². The predicted molar refractivity (Wildman–Crippen MR) is 84.9 cm³/mol. The molecule has 3 aliphatic heterocycles. The monoisotopic (exact) mass is 317 g/mol. The molecule has 21 heavy (non-hydrogen) atoms. The highest BCUT2D eigenvalue weighted by molar-refractivity contribution is 5.85. The van der Waals surface area contributed by atoms with E-state index in [4.69, 9.17) is 4.74 Å². The minimum Gasteiger partial charge on any atom is -0.365 e. The Morgan fingerprint density at radius 1 is 1.19 bits per heavy atom. The average Bonchev–Trinajstić information content (AvgIpc) is 3.17. The minimum absolute atomic E-state index is 0. The topological polar surface area (TPSA) is 44.8 Å². The lowest BCUT2D eigenvalue weighted by Crippen LogP contribution is -2.49. The van der Waals surface area contributed by atoms with Crippen LogP contribution >= 0.6 is 12.4 Å². The standard InChI is InChI=1S/C15H27N3O2.ClH/c1-2-13-3-4-14(20-13)15(19)18-8-5-12(11-18)17-9-6-16-7-10-17;/h12-14,16H,2-11H2,1H3;1H.